The van der Waals surface area contributed by atoms with E-state index in [2.05, 4.69) is 53.1 Å². The zero-order valence-electron chi connectivity index (χ0n) is 16.0. The zero-order chi connectivity index (χ0) is 18.5. The van der Waals surface area contributed by atoms with Crippen molar-refractivity contribution in [3.05, 3.63) is 42.2 Å². The van der Waals surface area contributed by atoms with Gasteiger partial charge in [-0.05, 0) is 30.7 Å². The first kappa shape index (κ1) is 18.5. The lowest BCUT2D eigenvalue weighted by molar-refractivity contribution is 0.102. The molecule has 1 aliphatic rings. The highest BCUT2D eigenvalue weighted by Gasteiger charge is 2.16. The van der Waals surface area contributed by atoms with Crippen LogP contribution in [-0.2, 0) is 6.54 Å². The molecule has 0 spiro atoms. The van der Waals surface area contributed by atoms with Gasteiger partial charge in [-0.1, -0.05) is 26.8 Å². The second kappa shape index (κ2) is 8.36. The van der Waals surface area contributed by atoms with Crippen LogP contribution in [0, 0.1) is 5.92 Å². The Morgan fingerprint density at radius 1 is 1.23 bits per heavy atom. The van der Waals surface area contributed by atoms with Crippen LogP contribution in [0.25, 0.3) is 0 Å². The molecule has 1 amide bonds. The molecule has 1 aliphatic heterocycles. The standard InChI is InChI=1S/C20H29N5O/c1-4-23-8-10-24(11-9-23)19-7-5-6-18(12-19)22-20(26)17-13-21-25(15-17)14-16(2)3/h5-7,12-13,15-16H,4,8-11,14H2,1-3H3,(H,22,26). The second-order valence-electron chi connectivity index (χ2n) is 7.27. The zero-order valence-corrected chi connectivity index (χ0v) is 16.0. The number of benzene rings is 1. The maximum absolute atomic E-state index is 12.5. The minimum Gasteiger partial charge on any atom is -0.369 e. The van der Waals surface area contributed by atoms with Gasteiger partial charge < -0.3 is 15.1 Å². The predicted molar refractivity (Wildman–Crippen MR) is 106 cm³/mol. The molecule has 1 aromatic heterocycles. The van der Waals surface area contributed by atoms with Gasteiger partial charge in [0.05, 0.1) is 11.8 Å². The molecular weight excluding hydrogens is 326 g/mol. The van der Waals surface area contributed by atoms with Gasteiger partial charge in [-0.15, -0.1) is 0 Å². The third kappa shape index (κ3) is 4.64. The van der Waals surface area contributed by atoms with Crippen LogP contribution in [0.4, 0.5) is 11.4 Å². The summed E-state index contributed by atoms with van der Waals surface area (Å²) in [4.78, 5) is 17.3. The van der Waals surface area contributed by atoms with Gasteiger partial charge in [0, 0.05) is 50.3 Å². The maximum atomic E-state index is 12.5. The van der Waals surface area contributed by atoms with Crippen molar-refractivity contribution in [2.75, 3.05) is 42.9 Å². The van der Waals surface area contributed by atoms with Crippen molar-refractivity contribution in [1.82, 2.24) is 14.7 Å². The molecule has 0 bridgehead atoms. The fraction of sp³-hybridized carbons (Fsp3) is 0.500. The monoisotopic (exact) mass is 355 g/mol. The molecule has 0 radical (unpaired) electrons. The fourth-order valence-corrected chi connectivity index (χ4v) is 3.26. The number of likely N-dealkylation sites (N-methyl/N-ethyl adjacent to an activating group) is 1. The lowest BCUT2D eigenvalue weighted by Crippen LogP contribution is -2.46. The van der Waals surface area contributed by atoms with E-state index in [1.54, 1.807) is 6.20 Å². The lowest BCUT2D eigenvalue weighted by atomic mass is 10.2. The number of amides is 1. The molecule has 0 saturated carbocycles. The van der Waals surface area contributed by atoms with Crippen molar-refractivity contribution < 1.29 is 4.79 Å². The number of rotatable bonds is 6. The molecule has 1 saturated heterocycles. The average molecular weight is 355 g/mol. The SMILES string of the molecule is CCN1CCN(c2cccc(NC(=O)c3cnn(CC(C)C)c3)c2)CC1. The predicted octanol–water partition coefficient (Wildman–Crippen LogP) is 2.93. The summed E-state index contributed by atoms with van der Waals surface area (Å²) in [5, 5.41) is 7.26. The van der Waals surface area contributed by atoms with Crippen LogP contribution in [-0.4, -0.2) is 53.3 Å². The Morgan fingerprint density at radius 2 is 2.00 bits per heavy atom. The number of nitrogens with zero attached hydrogens (tertiary/aromatic N) is 4. The van der Waals surface area contributed by atoms with Crippen LogP contribution in [0.5, 0.6) is 0 Å². The van der Waals surface area contributed by atoms with E-state index in [1.165, 1.54) is 0 Å². The molecule has 3 rings (SSSR count). The summed E-state index contributed by atoms with van der Waals surface area (Å²) in [6.07, 6.45) is 3.44. The molecule has 0 unspecified atom stereocenters. The van der Waals surface area contributed by atoms with E-state index in [1.807, 2.05) is 23.0 Å². The van der Waals surface area contributed by atoms with Gasteiger partial charge >= 0.3 is 0 Å². The van der Waals surface area contributed by atoms with Crippen molar-refractivity contribution >= 4 is 17.3 Å². The molecule has 140 valence electrons. The van der Waals surface area contributed by atoms with Gasteiger partial charge in [-0.2, -0.15) is 5.10 Å². The van der Waals surface area contributed by atoms with Gasteiger partial charge in [0.1, 0.15) is 0 Å². The first-order chi connectivity index (χ1) is 12.5. The van der Waals surface area contributed by atoms with Gasteiger partial charge in [0.15, 0.2) is 0 Å². The maximum Gasteiger partial charge on any atom is 0.258 e. The normalized spacial score (nSPS) is 15.5. The molecule has 2 aromatic rings. The van der Waals surface area contributed by atoms with Gasteiger partial charge in [0.25, 0.3) is 5.91 Å². The highest BCUT2D eigenvalue weighted by Crippen LogP contribution is 2.21. The fourth-order valence-electron chi connectivity index (χ4n) is 3.26. The van der Waals surface area contributed by atoms with Crippen molar-refractivity contribution in [1.29, 1.82) is 0 Å². The molecule has 0 atom stereocenters. The molecule has 26 heavy (non-hydrogen) atoms. The molecule has 1 N–H and O–H groups in total. The van der Waals surface area contributed by atoms with Gasteiger partial charge in [-0.25, -0.2) is 0 Å². The largest absolute Gasteiger partial charge is 0.369 e. The second-order valence-corrected chi connectivity index (χ2v) is 7.27. The van der Waals surface area contributed by atoms with Gasteiger partial charge in [-0.3, -0.25) is 9.48 Å². The number of aromatic nitrogens is 2. The Kier molecular flexibility index (Phi) is 5.93. The first-order valence-electron chi connectivity index (χ1n) is 9.46. The molecule has 6 nitrogen and oxygen atoms in total. The summed E-state index contributed by atoms with van der Waals surface area (Å²) in [5.41, 5.74) is 2.57. The summed E-state index contributed by atoms with van der Waals surface area (Å²) in [6.45, 7) is 12.6. The minimum atomic E-state index is -0.118. The van der Waals surface area contributed by atoms with Crippen LogP contribution >= 0.6 is 0 Å². The molecule has 2 heterocycles. The number of piperazine rings is 1. The summed E-state index contributed by atoms with van der Waals surface area (Å²) >= 11 is 0. The smallest absolute Gasteiger partial charge is 0.258 e. The van der Waals surface area contributed by atoms with E-state index in [0.29, 0.717) is 11.5 Å². The minimum absolute atomic E-state index is 0.118. The molecule has 6 heteroatoms. The van der Waals surface area contributed by atoms with E-state index < -0.39 is 0 Å². The van der Waals surface area contributed by atoms with Crippen LogP contribution in [0.2, 0.25) is 0 Å². The molecule has 1 aromatic carbocycles. The summed E-state index contributed by atoms with van der Waals surface area (Å²) in [6, 6.07) is 8.09. The number of hydrogen-bond donors (Lipinski definition) is 1. The summed E-state index contributed by atoms with van der Waals surface area (Å²) in [7, 11) is 0. The highest BCUT2D eigenvalue weighted by atomic mass is 16.1. The average Bonchev–Trinajstić information content (AvgIpc) is 3.10. The topological polar surface area (TPSA) is 53.4 Å². The third-order valence-electron chi connectivity index (χ3n) is 4.74. The first-order valence-corrected chi connectivity index (χ1v) is 9.46. The quantitative estimate of drug-likeness (QED) is 0.866. The van der Waals surface area contributed by atoms with E-state index in [-0.39, 0.29) is 5.91 Å². The molecule has 1 fully saturated rings. The molecule has 0 aliphatic carbocycles. The Bertz CT molecular complexity index is 731. The Morgan fingerprint density at radius 3 is 2.69 bits per heavy atom. The van der Waals surface area contributed by atoms with Crippen molar-refractivity contribution in [3.63, 3.8) is 0 Å². The van der Waals surface area contributed by atoms with Crippen molar-refractivity contribution in [3.8, 4) is 0 Å². The number of anilines is 2. The van der Waals surface area contributed by atoms with Crippen molar-refractivity contribution in [2.45, 2.75) is 27.3 Å². The highest BCUT2D eigenvalue weighted by molar-refractivity contribution is 6.04. The van der Waals surface area contributed by atoms with Gasteiger partial charge in [0.2, 0.25) is 0 Å². The summed E-state index contributed by atoms with van der Waals surface area (Å²) < 4.78 is 1.82. The third-order valence-corrected chi connectivity index (χ3v) is 4.74. The molecular formula is C20H29N5O. The van der Waals surface area contributed by atoms with E-state index in [4.69, 9.17) is 0 Å². The van der Waals surface area contributed by atoms with Crippen LogP contribution in [0.1, 0.15) is 31.1 Å². The van der Waals surface area contributed by atoms with Crippen LogP contribution in [0.15, 0.2) is 36.7 Å². The number of hydrogen-bond acceptors (Lipinski definition) is 4. The Balaban J connectivity index is 1.63. The lowest BCUT2D eigenvalue weighted by Gasteiger charge is -2.35. The summed E-state index contributed by atoms with van der Waals surface area (Å²) in [5.74, 6) is 0.378. The van der Waals surface area contributed by atoms with E-state index in [0.717, 1.165) is 50.6 Å². The van der Waals surface area contributed by atoms with Crippen LogP contribution < -0.4 is 10.2 Å². The van der Waals surface area contributed by atoms with E-state index in [9.17, 15) is 4.79 Å². The Labute approximate surface area is 155 Å². The Hall–Kier alpha value is -2.34. The number of carbonyl (C=O) groups is 1. The van der Waals surface area contributed by atoms with E-state index >= 15 is 0 Å². The number of carbonyl (C=O) groups excluding carboxylic acids is 1. The number of nitrogens with one attached hydrogen (secondary N) is 1. The van der Waals surface area contributed by atoms with Crippen molar-refractivity contribution in [2.24, 2.45) is 5.92 Å². The van der Waals surface area contributed by atoms with Crippen LogP contribution in [0.3, 0.4) is 0 Å².